The number of nitrogens with zero attached hydrogens (tertiary/aromatic N) is 3. The molecule has 2 aromatic carbocycles. The highest BCUT2D eigenvalue weighted by atomic mass is 35.5. The predicted molar refractivity (Wildman–Crippen MR) is 150 cm³/mol. The zero-order valence-corrected chi connectivity index (χ0v) is 22.3. The van der Waals surface area contributed by atoms with Gasteiger partial charge in [-0.1, -0.05) is 43.6 Å². The van der Waals surface area contributed by atoms with Crippen LogP contribution in [-0.2, 0) is 0 Å². The van der Waals surface area contributed by atoms with Crippen molar-refractivity contribution >= 4 is 34.6 Å². The first-order chi connectivity index (χ1) is 17.3. The number of benzene rings is 2. The topological polar surface area (TPSA) is 53.3 Å². The van der Waals surface area contributed by atoms with Crippen molar-refractivity contribution in [3.8, 4) is 11.4 Å². The van der Waals surface area contributed by atoms with Crippen molar-refractivity contribution in [3.05, 3.63) is 106 Å². The van der Waals surface area contributed by atoms with Gasteiger partial charge < -0.3 is 19.9 Å². The van der Waals surface area contributed by atoms with Crippen LogP contribution in [0.5, 0.6) is 5.75 Å². The summed E-state index contributed by atoms with van der Waals surface area (Å²) >= 11 is 12.2. The van der Waals surface area contributed by atoms with Gasteiger partial charge in [0.2, 0.25) is 0 Å². The van der Waals surface area contributed by atoms with Crippen molar-refractivity contribution in [2.75, 3.05) is 4.90 Å². The Morgan fingerprint density at radius 3 is 2.44 bits per heavy atom. The molecular formula is C29H29ClN4OS. The van der Waals surface area contributed by atoms with Gasteiger partial charge in [-0.25, -0.2) is 0 Å². The van der Waals surface area contributed by atoms with Crippen LogP contribution < -0.4 is 10.2 Å². The maximum Gasteiger partial charge on any atom is 0.174 e. The maximum absolute atomic E-state index is 10.7. The van der Waals surface area contributed by atoms with Crippen molar-refractivity contribution in [3.63, 3.8) is 0 Å². The molecule has 0 amide bonds. The number of thiocarbonyl (C=S) groups is 1. The Labute approximate surface area is 222 Å². The van der Waals surface area contributed by atoms with Gasteiger partial charge in [0, 0.05) is 28.3 Å². The van der Waals surface area contributed by atoms with Gasteiger partial charge in [-0.3, -0.25) is 4.98 Å². The van der Waals surface area contributed by atoms with Crippen molar-refractivity contribution < 1.29 is 5.11 Å². The molecule has 0 spiro atoms. The van der Waals surface area contributed by atoms with E-state index in [1.807, 2.05) is 35.9 Å². The minimum atomic E-state index is -0.148. The highest BCUT2D eigenvalue weighted by Gasteiger charge is 2.42. The summed E-state index contributed by atoms with van der Waals surface area (Å²) in [4.78, 5) is 6.85. The molecule has 2 N–H and O–H groups in total. The summed E-state index contributed by atoms with van der Waals surface area (Å²) in [6.07, 6.45) is 1.81. The molecule has 184 valence electrons. The number of nitrogens with one attached hydrogen (secondary N) is 1. The molecule has 2 atom stereocenters. The van der Waals surface area contributed by atoms with Crippen LogP contribution in [0.4, 0.5) is 5.69 Å². The Morgan fingerprint density at radius 1 is 1.03 bits per heavy atom. The number of hydrogen-bond donors (Lipinski definition) is 2. The molecule has 4 aromatic rings. The fraction of sp³-hybridized carbons (Fsp3) is 0.241. The standard InChI is InChI=1S/C29H29ClN4OS/c1-17(2)20-8-11-22(12-9-20)34-28(27(32-29(34)36)24-7-5-6-14-31-24)23-15-18(3)33(19(23)4)25-16-21(30)10-13-26(25)35/h5-17,27-28,35H,1-4H3,(H,32,36)/t27-,28+/m0/s1. The average molecular weight is 517 g/mol. The van der Waals surface area contributed by atoms with E-state index in [2.05, 4.69) is 66.3 Å². The fourth-order valence-corrected chi connectivity index (χ4v) is 5.61. The summed E-state index contributed by atoms with van der Waals surface area (Å²) in [6, 6.07) is 21.5. The van der Waals surface area contributed by atoms with E-state index in [4.69, 9.17) is 23.8 Å². The third kappa shape index (κ3) is 4.25. The summed E-state index contributed by atoms with van der Waals surface area (Å²) < 4.78 is 2.05. The van der Waals surface area contributed by atoms with E-state index < -0.39 is 0 Å². The first kappa shape index (κ1) is 24.3. The first-order valence-electron chi connectivity index (χ1n) is 12.0. The largest absolute Gasteiger partial charge is 0.506 e. The van der Waals surface area contributed by atoms with Gasteiger partial charge in [0.15, 0.2) is 5.11 Å². The lowest BCUT2D eigenvalue weighted by atomic mass is 9.96. The maximum atomic E-state index is 10.7. The number of phenolic OH excluding ortho intramolecular Hbond substituents is 1. The normalized spacial score (nSPS) is 17.6. The van der Waals surface area contributed by atoms with Crippen LogP contribution in [0, 0.1) is 13.8 Å². The Kier molecular flexibility index (Phi) is 6.49. The van der Waals surface area contributed by atoms with Crippen LogP contribution in [0.3, 0.4) is 0 Å². The second-order valence-electron chi connectivity index (χ2n) is 9.54. The van der Waals surface area contributed by atoms with Crippen molar-refractivity contribution in [1.29, 1.82) is 0 Å². The summed E-state index contributed by atoms with van der Waals surface area (Å²) in [5.41, 5.74) is 6.97. The summed E-state index contributed by atoms with van der Waals surface area (Å²) in [5.74, 6) is 0.624. The lowest BCUT2D eigenvalue weighted by Gasteiger charge is -2.28. The molecule has 5 rings (SSSR count). The van der Waals surface area contributed by atoms with E-state index in [1.165, 1.54) is 5.56 Å². The van der Waals surface area contributed by atoms with Crippen LogP contribution in [0.1, 0.15) is 60.1 Å². The molecule has 1 aliphatic rings. The number of pyridine rings is 1. The van der Waals surface area contributed by atoms with E-state index in [0.29, 0.717) is 21.7 Å². The lowest BCUT2D eigenvalue weighted by Crippen LogP contribution is -2.29. The zero-order valence-electron chi connectivity index (χ0n) is 20.7. The van der Waals surface area contributed by atoms with Crippen LogP contribution in [0.2, 0.25) is 5.02 Å². The van der Waals surface area contributed by atoms with Crippen LogP contribution in [0.25, 0.3) is 5.69 Å². The molecular weight excluding hydrogens is 488 g/mol. The second-order valence-corrected chi connectivity index (χ2v) is 10.4. The number of rotatable bonds is 5. The number of aromatic nitrogens is 2. The van der Waals surface area contributed by atoms with Crippen LogP contribution >= 0.6 is 23.8 Å². The van der Waals surface area contributed by atoms with E-state index in [0.717, 1.165) is 28.3 Å². The average Bonchev–Trinajstić information content (AvgIpc) is 3.36. The van der Waals surface area contributed by atoms with E-state index in [1.54, 1.807) is 18.2 Å². The van der Waals surface area contributed by atoms with Crippen LogP contribution in [0.15, 0.2) is 72.9 Å². The molecule has 1 aliphatic heterocycles. The number of phenols is 1. The molecule has 1 fully saturated rings. The van der Waals surface area contributed by atoms with E-state index >= 15 is 0 Å². The molecule has 5 nitrogen and oxygen atoms in total. The number of hydrogen-bond acceptors (Lipinski definition) is 3. The van der Waals surface area contributed by atoms with Crippen molar-refractivity contribution in [2.45, 2.75) is 45.7 Å². The molecule has 1 saturated heterocycles. The van der Waals surface area contributed by atoms with E-state index in [9.17, 15) is 5.11 Å². The zero-order chi connectivity index (χ0) is 25.6. The van der Waals surface area contributed by atoms with Gasteiger partial charge in [-0.15, -0.1) is 0 Å². The van der Waals surface area contributed by atoms with E-state index in [-0.39, 0.29) is 17.8 Å². The quantitative estimate of drug-likeness (QED) is 0.276. The summed E-state index contributed by atoms with van der Waals surface area (Å²) in [5, 5.41) is 15.4. The SMILES string of the molecule is Cc1cc([C@@H]2[C@H](c3ccccn3)NC(=S)N2c2ccc(C(C)C)cc2)c(C)n1-c1cc(Cl)ccc1O. The Bertz CT molecular complexity index is 1420. The third-order valence-electron chi connectivity index (χ3n) is 6.90. The number of anilines is 1. The third-order valence-corrected chi connectivity index (χ3v) is 7.45. The fourth-order valence-electron chi connectivity index (χ4n) is 5.10. The number of aromatic hydroxyl groups is 1. The number of aryl methyl sites for hydroxylation is 1. The molecule has 0 bridgehead atoms. The van der Waals surface area contributed by atoms with Crippen molar-refractivity contribution in [2.24, 2.45) is 0 Å². The van der Waals surface area contributed by atoms with Gasteiger partial charge in [0.05, 0.1) is 23.5 Å². The summed E-state index contributed by atoms with van der Waals surface area (Å²) in [7, 11) is 0. The molecule has 0 saturated carbocycles. The molecule has 7 heteroatoms. The Hall–Kier alpha value is -3.35. The van der Waals surface area contributed by atoms with Gasteiger partial charge in [0.1, 0.15) is 5.75 Å². The second kappa shape index (κ2) is 9.60. The monoisotopic (exact) mass is 516 g/mol. The molecule has 0 radical (unpaired) electrons. The van der Waals surface area contributed by atoms with Gasteiger partial charge in [0.25, 0.3) is 0 Å². The first-order valence-corrected chi connectivity index (χ1v) is 12.8. The number of halogens is 1. The van der Waals surface area contributed by atoms with Gasteiger partial charge in [-0.05, 0) is 91.6 Å². The minimum Gasteiger partial charge on any atom is -0.506 e. The molecule has 3 heterocycles. The smallest absolute Gasteiger partial charge is 0.174 e. The van der Waals surface area contributed by atoms with Crippen LogP contribution in [-0.4, -0.2) is 19.8 Å². The highest BCUT2D eigenvalue weighted by molar-refractivity contribution is 7.80. The molecule has 0 unspecified atom stereocenters. The predicted octanol–water partition coefficient (Wildman–Crippen LogP) is 7.15. The Balaban J connectivity index is 1.67. The lowest BCUT2D eigenvalue weighted by molar-refractivity contribution is 0.471. The highest BCUT2D eigenvalue weighted by Crippen LogP contribution is 2.44. The molecule has 0 aliphatic carbocycles. The Morgan fingerprint density at radius 2 is 1.78 bits per heavy atom. The summed E-state index contributed by atoms with van der Waals surface area (Å²) in [6.45, 7) is 8.49. The van der Waals surface area contributed by atoms with Gasteiger partial charge >= 0.3 is 0 Å². The van der Waals surface area contributed by atoms with Gasteiger partial charge in [-0.2, -0.15) is 0 Å². The molecule has 36 heavy (non-hydrogen) atoms. The molecule has 2 aromatic heterocycles. The minimum absolute atomic E-state index is 0.140. The van der Waals surface area contributed by atoms with Crippen molar-refractivity contribution in [1.82, 2.24) is 14.9 Å².